The highest BCUT2D eigenvalue weighted by molar-refractivity contribution is 7.17. The van der Waals surface area contributed by atoms with Gasteiger partial charge in [-0.25, -0.2) is 14.2 Å². The molecule has 0 radical (unpaired) electrons. The second kappa shape index (κ2) is 7.25. The summed E-state index contributed by atoms with van der Waals surface area (Å²) >= 11 is 1.12. The maximum atomic E-state index is 14.7. The average Bonchev–Trinajstić information content (AvgIpc) is 3.07. The van der Waals surface area contributed by atoms with Crippen molar-refractivity contribution in [1.82, 2.24) is 4.98 Å². The van der Waals surface area contributed by atoms with Gasteiger partial charge in [0.2, 0.25) is 0 Å². The number of aromatic nitrogens is 1. The normalized spacial score (nSPS) is 12.0. The minimum Gasteiger partial charge on any atom is -0.477 e. The van der Waals surface area contributed by atoms with Gasteiger partial charge in [-0.15, -0.1) is 0 Å². The molecular formula is C20H19FN2O2S. The van der Waals surface area contributed by atoms with Crippen molar-refractivity contribution in [3.63, 3.8) is 0 Å². The van der Waals surface area contributed by atoms with Crippen LogP contribution in [0.4, 0.5) is 9.52 Å². The molecule has 0 aliphatic heterocycles. The Morgan fingerprint density at radius 2 is 1.88 bits per heavy atom. The van der Waals surface area contributed by atoms with Gasteiger partial charge in [0.1, 0.15) is 10.7 Å². The number of hydrogen-bond acceptors (Lipinski definition) is 4. The third-order valence-corrected chi connectivity index (χ3v) is 5.43. The molecule has 0 amide bonds. The number of carboxylic acid groups (broad SMARTS) is 1. The van der Waals surface area contributed by atoms with E-state index in [0.717, 1.165) is 16.9 Å². The van der Waals surface area contributed by atoms with E-state index in [9.17, 15) is 14.3 Å². The largest absolute Gasteiger partial charge is 0.477 e. The lowest BCUT2D eigenvalue weighted by molar-refractivity contribution is 0.0700. The molecule has 1 unspecified atom stereocenters. The fourth-order valence-electron chi connectivity index (χ4n) is 2.77. The second-order valence-corrected chi connectivity index (χ2v) is 7.21. The highest BCUT2D eigenvalue weighted by atomic mass is 32.1. The van der Waals surface area contributed by atoms with Crippen molar-refractivity contribution in [1.29, 1.82) is 0 Å². The Labute approximate surface area is 155 Å². The highest BCUT2D eigenvalue weighted by Gasteiger charge is 2.24. The van der Waals surface area contributed by atoms with Gasteiger partial charge in [0.15, 0.2) is 5.13 Å². The number of thiazole rings is 1. The zero-order valence-corrected chi connectivity index (χ0v) is 15.5. The van der Waals surface area contributed by atoms with Crippen molar-refractivity contribution in [3.8, 4) is 11.1 Å². The Kier molecular flexibility index (Phi) is 5.04. The maximum Gasteiger partial charge on any atom is 0.347 e. The summed E-state index contributed by atoms with van der Waals surface area (Å²) in [6.07, 6.45) is 0. The first-order valence-corrected chi connectivity index (χ1v) is 8.96. The van der Waals surface area contributed by atoms with Gasteiger partial charge in [-0.2, -0.15) is 0 Å². The van der Waals surface area contributed by atoms with E-state index >= 15 is 0 Å². The van der Waals surface area contributed by atoms with Crippen LogP contribution in [0.3, 0.4) is 0 Å². The van der Waals surface area contributed by atoms with E-state index in [1.807, 2.05) is 57.4 Å². The molecule has 0 fully saturated rings. The van der Waals surface area contributed by atoms with Crippen LogP contribution in [-0.2, 0) is 0 Å². The first-order chi connectivity index (χ1) is 12.4. The van der Waals surface area contributed by atoms with Crippen LogP contribution in [0.2, 0.25) is 0 Å². The SMILES string of the molecule is CC(c1ccc(-c2ccccc2)c(F)c1)c1nc(N(C)C)sc1C(=O)O. The van der Waals surface area contributed by atoms with E-state index in [4.69, 9.17) is 0 Å². The Balaban J connectivity index is 2.00. The molecule has 1 aromatic heterocycles. The van der Waals surface area contributed by atoms with Gasteiger partial charge in [0, 0.05) is 25.6 Å². The number of carbonyl (C=O) groups is 1. The van der Waals surface area contributed by atoms with Gasteiger partial charge in [-0.05, 0) is 17.2 Å². The molecule has 1 atom stereocenters. The summed E-state index contributed by atoms with van der Waals surface area (Å²) in [4.78, 5) is 18.0. The standard InChI is InChI=1S/C20H19FN2O2S/c1-12(17-18(19(24)25)26-20(22-17)23(2)3)14-9-10-15(16(21)11-14)13-7-5-4-6-8-13/h4-12H,1-3H3,(H,24,25). The molecule has 0 saturated carbocycles. The van der Waals surface area contributed by atoms with E-state index in [1.165, 1.54) is 6.07 Å². The zero-order chi connectivity index (χ0) is 18.8. The van der Waals surface area contributed by atoms with Crippen molar-refractivity contribution in [2.75, 3.05) is 19.0 Å². The lowest BCUT2D eigenvalue weighted by Gasteiger charge is -2.13. The molecule has 4 nitrogen and oxygen atoms in total. The van der Waals surface area contributed by atoms with Crippen molar-refractivity contribution in [3.05, 3.63) is 70.5 Å². The minimum absolute atomic E-state index is 0.189. The molecule has 1 heterocycles. The third kappa shape index (κ3) is 3.46. The van der Waals surface area contributed by atoms with Crippen LogP contribution in [0, 0.1) is 5.82 Å². The number of benzene rings is 2. The summed E-state index contributed by atoms with van der Waals surface area (Å²) in [7, 11) is 3.63. The molecule has 26 heavy (non-hydrogen) atoms. The van der Waals surface area contributed by atoms with Crippen molar-refractivity contribution < 1.29 is 14.3 Å². The summed E-state index contributed by atoms with van der Waals surface area (Å²) in [6, 6.07) is 14.3. The molecule has 3 aromatic rings. The zero-order valence-electron chi connectivity index (χ0n) is 14.7. The van der Waals surface area contributed by atoms with Gasteiger partial charge < -0.3 is 10.0 Å². The van der Waals surface area contributed by atoms with E-state index in [1.54, 1.807) is 11.0 Å². The first-order valence-electron chi connectivity index (χ1n) is 8.14. The Morgan fingerprint density at radius 1 is 1.19 bits per heavy atom. The number of carboxylic acids is 1. The van der Waals surface area contributed by atoms with Crippen LogP contribution in [0.5, 0.6) is 0 Å². The van der Waals surface area contributed by atoms with E-state index < -0.39 is 5.97 Å². The van der Waals surface area contributed by atoms with E-state index in [0.29, 0.717) is 22.0 Å². The minimum atomic E-state index is -1.01. The van der Waals surface area contributed by atoms with Crippen molar-refractivity contribution in [2.45, 2.75) is 12.8 Å². The van der Waals surface area contributed by atoms with Gasteiger partial charge in [-0.1, -0.05) is 60.7 Å². The monoisotopic (exact) mass is 370 g/mol. The second-order valence-electron chi connectivity index (χ2n) is 6.24. The summed E-state index contributed by atoms with van der Waals surface area (Å²) in [6.45, 7) is 1.85. The molecule has 0 bridgehead atoms. The smallest absolute Gasteiger partial charge is 0.347 e. The lowest BCUT2D eigenvalue weighted by Crippen LogP contribution is -2.09. The number of hydrogen-bond donors (Lipinski definition) is 1. The Morgan fingerprint density at radius 3 is 2.46 bits per heavy atom. The first kappa shape index (κ1) is 18.1. The molecular weight excluding hydrogens is 351 g/mol. The van der Waals surface area contributed by atoms with Gasteiger partial charge in [0.25, 0.3) is 0 Å². The fourth-order valence-corrected chi connectivity index (χ4v) is 3.69. The van der Waals surface area contributed by atoms with Crippen LogP contribution in [0.25, 0.3) is 11.1 Å². The van der Waals surface area contributed by atoms with Gasteiger partial charge >= 0.3 is 5.97 Å². The molecule has 0 aliphatic rings. The molecule has 0 saturated heterocycles. The Bertz CT molecular complexity index is 938. The quantitative estimate of drug-likeness (QED) is 0.696. The number of nitrogens with zero attached hydrogens (tertiary/aromatic N) is 2. The molecule has 2 aromatic carbocycles. The van der Waals surface area contributed by atoms with Crippen LogP contribution < -0.4 is 4.90 Å². The summed E-state index contributed by atoms with van der Waals surface area (Å²) in [5.74, 6) is -1.68. The molecule has 3 rings (SSSR count). The predicted molar refractivity (Wildman–Crippen MR) is 103 cm³/mol. The average molecular weight is 370 g/mol. The predicted octanol–water partition coefficient (Wildman–Crippen LogP) is 4.87. The van der Waals surface area contributed by atoms with Gasteiger partial charge in [0.05, 0.1) is 5.69 Å². The molecule has 1 N–H and O–H groups in total. The van der Waals surface area contributed by atoms with Crippen molar-refractivity contribution in [2.24, 2.45) is 0 Å². The molecule has 0 spiro atoms. The summed E-state index contributed by atoms with van der Waals surface area (Å²) < 4.78 is 14.7. The topological polar surface area (TPSA) is 53.4 Å². The van der Waals surface area contributed by atoms with E-state index in [2.05, 4.69) is 4.98 Å². The highest BCUT2D eigenvalue weighted by Crippen LogP contribution is 2.35. The van der Waals surface area contributed by atoms with Crippen LogP contribution in [0.1, 0.15) is 33.8 Å². The number of aromatic carboxylic acids is 1. The number of halogens is 1. The van der Waals surface area contributed by atoms with Gasteiger partial charge in [-0.3, -0.25) is 0 Å². The molecule has 134 valence electrons. The molecule has 0 aliphatic carbocycles. The lowest BCUT2D eigenvalue weighted by atomic mass is 9.94. The van der Waals surface area contributed by atoms with Crippen molar-refractivity contribution >= 4 is 22.4 Å². The number of anilines is 1. The maximum absolute atomic E-state index is 14.7. The van der Waals surface area contributed by atoms with E-state index in [-0.39, 0.29) is 16.6 Å². The van der Waals surface area contributed by atoms with Crippen LogP contribution in [-0.4, -0.2) is 30.2 Å². The van der Waals surface area contributed by atoms with Crippen LogP contribution >= 0.6 is 11.3 Å². The molecule has 6 heteroatoms. The third-order valence-electron chi connectivity index (χ3n) is 4.21. The summed E-state index contributed by atoms with van der Waals surface area (Å²) in [5.41, 5.74) is 2.48. The summed E-state index contributed by atoms with van der Waals surface area (Å²) in [5, 5.41) is 10.1. The fraction of sp³-hybridized carbons (Fsp3) is 0.200. The number of rotatable bonds is 5. The van der Waals surface area contributed by atoms with Crippen LogP contribution in [0.15, 0.2) is 48.5 Å². The Hall–Kier alpha value is -2.73.